The smallest absolute Gasteiger partial charge is 0.293 e. The molecule has 3 rings (SSSR count). The van der Waals surface area contributed by atoms with Crippen molar-refractivity contribution < 1.29 is 14.3 Å². The van der Waals surface area contributed by atoms with Crippen LogP contribution in [0.2, 0.25) is 5.02 Å². The first-order chi connectivity index (χ1) is 13.0. The molecule has 2 aromatic carbocycles. The molecular weight excluding hydrogens is 450 g/mol. The molecule has 140 valence electrons. The van der Waals surface area contributed by atoms with Gasteiger partial charge in [0.25, 0.3) is 11.1 Å². The van der Waals surface area contributed by atoms with Crippen molar-refractivity contribution in [1.82, 2.24) is 4.90 Å². The molecule has 1 fully saturated rings. The summed E-state index contributed by atoms with van der Waals surface area (Å²) in [5.41, 5.74) is 1.84. The Morgan fingerprint density at radius 1 is 1.19 bits per heavy atom. The Morgan fingerprint density at radius 3 is 2.59 bits per heavy atom. The number of amides is 2. The van der Waals surface area contributed by atoms with E-state index in [-0.39, 0.29) is 11.1 Å². The van der Waals surface area contributed by atoms with Crippen LogP contribution in [0.4, 0.5) is 4.79 Å². The molecule has 0 N–H and O–H groups in total. The lowest BCUT2D eigenvalue weighted by Crippen LogP contribution is -2.28. The first-order valence-electron chi connectivity index (χ1n) is 8.40. The number of nitrogens with zero attached hydrogens (tertiary/aromatic N) is 1. The summed E-state index contributed by atoms with van der Waals surface area (Å²) >= 11 is 10.4. The van der Waals surface area contributed by atoms with Gasteiger partial charge in [0.2, 0.25) is 0 Å². The lowest BCUT2D eigenvalue weighted by Gasteiger charge is -2.10. The standard InChI is InChI=1S/C20H17BrClNO3S/c1-2-9-23-19(24)18(27-20(23)25)11-14-5-8-17(16(21)10-14)26-12-13-3-6-15(22)7-4-13/h3-8,10-11H,2,9,12H2,1H3/b18-11+. The number of rotatable bonds is 6. The molecule has 1 aliphatic heterocycles. The molecule has 2 aromatic rings. The van der Waals surface area contributed by atoms with Crippen molar-refractivity contribution in [2.75, 3.05) is 6.54 Å². The molecule has 7 heteroatoms. The van der Waals surface area contributed by atoms with Gasteiger partial charge in [-0.05, 0) is 75.6 Å². The van der Waals surface area contributed by atoms with Gasteiger partial charge in [0.05, 0.1) is 9.38 Å². The normalized spacial score (nSPS) is 15.7. The van der Waals surface area contributed by atoms with Crippen molar-refractivity contribution in [2.24, 2.45) is 0 Å². The molecule has 27 heavy (non-hydrogen) atoms. The minimum Gasteiger partial charge on any atom is -0.488 e. The summed E-state index contributed by atoms with van der Waals surface area (Å²) in [4.78, 5) is 26.0. The number of carbonyl (C=O) groups is 2. The van der Waals surface area contributed by atoms with Crippen LogP contribution in [0.3, 0.4) is 0 Å². The zero-order valence-electron chi connectivity index (χ0n) is 14.6. The Labute approximate surface area is 175 Å². The Balaban J connectivity index is 1.70. The molecule has 0 aliphatic carbocycles. The largest absolute Gasteiger partial charge is 0.488 e. The van der Waals surface area contributed by atoms with Crippen molar-refractivity contribution in [1.29, 1.82) is 0 Å². The average Bonchev–Trinajstić information content (AvgIpc) is 2.90. The fourth-order valence-electron chi connectivity index (χ4n) is 2.53. The number of thioether (sulfide) groups is 1. The van der Waals surface area contributed by atoms with Gasteiger partial charge in [0.15, 0.2) is 0 Å². The second kappa shape index (κ2) is 8.95. The first kappa shape index (κ1) is 20.0. The van der Waals surface area contributed by atoms with Crippen LogP contribution in [0, 0.1) is 0 Å². The summed E-state index contributed by atoms with van der Waals surface area (Å²) in [6, 6.07) is 13.0. The Bertz CT molecular complexity index is 899. The zero-order valence-corrected chi connectivity index (χ0v) is 17.7. The average molecular weight is 467 g/mol. The van der Waals surface area contributed by atoms with Crippen LogP contribution in [-0.2, 0) is 11.4 Å². The highest BCUT2D eigenvalue weighted by Crippen LogP contribution is 2.34. The molecule has 1 saturated heterocycles. The molecule has 0 spiro atoms. The summed E-state index contributed by atoms with van der Waals surface area (Å²) in [6.45, 7) is 2.81. The van der Waals surface area contributed by atoms with Crippen LogP contribution < -0.4 is 4.74 Å². The molecule has 2 amide bonds. The maximum atomic E-state index is 12.3. The van der Waals surface area contributed by atoms with E-state index in [4.69, 9.17) is 16.3 Å². The maximum absolute atomic E-state index is 12.3. The van der Waals surface area contributed by atoms with Gasteiger partial charge in [-0.25, -0.2) is 0 Å². The van der Waals surface area contributed by atoms with Crippen molar-refractivity contribution in [2.45, 2.75) is 20.0 Å². The predicted octanol–water partition coefficient (Wildman–Crippen LogP) is 6.13. The van der Waals surface area contributed by atoms with Crippen molar-refractivity contribution in [3.63, 3.8) is 0 Å². The van der Waals surface area contributed by atoms with Crippen LogP contribution in [0.1, 0.15) is 24.5 Å². The molecule has 0 unspecified atom stereocenters. The van der Waals surface area contributed by atoms with E-state index in [9.17, 15) is 9.59 Å². The Hall–Kier alpha value is -1.76. The molecule has 0 bridgehead atoms. The molecule has 0 aromatic heterocycles. The number of hydrogen-bond donors (Lipinski definition) is 0. The third-order valence-corrected chi connectivity index (χ3v) is 5.66. The fraction of sp³-hybridized carbons (Fsp3) is 0.200. The third kappa shape index (κ3) is 4.94. The van der Waals surface area contributed by atoms with Gasteiger partial charge in [0.1, 0.15) is 12.4 Å². The zero-order chi connectivity index (χ0) is 19.4. The number of halogens is 2. The monoisotopic (exact) mass is 465 g/mol. The van der Waals surface area contributed by atoms with E-state index in [0.29, 0.717) is 28.8 Å². The number of benzene rings is 2. The van der Waals surface area contributed by atoms with Crippen LogP contribution in [0.5, 0.6) is 5.75 Å². The quantitative estimate of drug-likeness (QED) is 0.481. The molecule has 0 atom stereocenters. The highest BCUT2D eigenvalue weighted by molar-refractivity contribution is 9.10. The van der Waals surface area contributed by atoms with Gasteiger partial charge >= 0.3 is 0 Å². The van der Waals surface area contributed by atoms with Gasteiger partial charge in [-0.2, -0.15) is 0 Å². The van der Waals surface area contributed by atoms with Gasteiger partial charge in [0, 0.05) is 11.6 Å². The summed E-state index contributed by atoms with van der Waals surface area (Å²) < 4.78 is 6.61. The van der Waals surface area contributed by atoms with Gasteiger partial charge in [-0.1, -0.05) is 36.7 Å². The van der Waals surface area contributed by atoms with Crippen LogP contribution in [-0.4, -0.2) is 22.6 Å². The lowest BCUT2D eigenvalue weighted by molar-refractivity contribution is -0.122. The number of ether oxygens (including phenoxy) is 1. The molecule has 1 heterocycles. The van der Waals surface area contributed by atoms with Crippen LogP contribution >= 0.6 is 39.3 Å². The van der Waals surface area contributed by atoms with E-state index in [0.717, 1.165) is 33.8 Å². The molecule has 4 nitrogen and oxygen atoms in total. The van der Waals surface area contributed by atoms with Gasteiger partial charge < -0.3 is 4.74 Å². The van der Waals surface area contributed by atoms with E-state index in [1.54, 1.807) is 6.08 Å². The predicted molar refractivity (Wildman–Crippen MR) is 113 cm³/mol. The van der Waals surface area contributed by atoms with Crippen LogP contribution in [0.15, 0.2) is 51.8 Å². The molecule has 1 aliphatic rings. The van der Waals surface area contributed by atoms with Gasteiger partial charge in [-0.15, -0.1) is 0 Å². The van der Waals surface area contributed by atoms with E-state index in [1.807, 2.05) is 49.4 Å². The van der Waals surface area contributed by atoms with E-state index in [2.05, 4.69) is 15.9 Å². The van der Waals surface area contributed by atoms with E-state index >= 15 is 0 Å². The Morgan fingerprint density at radius 2 is 1.93 bits per heavy atom. The number of carbonyl (C=O) groups excluding carboxylic acids is 2. The van der Waals surface area contributed by atoms with Crippen LogP contribution in [0.25, 0.3) is 6.08 Å². The van der Waals surface area contributed by atoms with Crippen molar-refractivity contribution in [3.05, 3.63) is 68.0 Å². The molecular formula is C20H17BrClNO3S. The molecule has 0 saturated carbocycles. The number of hydrogen-bond acceptors (Lipinski definition) is 4. The van der Waals surface area contributed by atoms with E-state index in [1.165, 1.54) is 4.90 Å². The Kier molecular flexibility index (Phi) is 6.63. The minimum atomic E-state index is -0.231. The maximum Gasteiger partial charge on any atom is 0.293 e. The first-order valence-corrected chi connectivity index (χ1v) is 10.4. The number of imide groups is 1. The fourth-order valence-corrected chi connectivity index (χ4v) is 4.04. The topological polar surface area (TPSA) is 46.6 Å². The summed E-state index contributed by atoms with van der Waals surface area (Å²) in [5.74, 6) is 0.465. The second-order valence-corrected chi connectivity index (χ2v) is 8.22. The summed E-state index contributed by atoms with van der Waals surface area (Å²) in [5, 5.41) is 0.475. The highest BCUT2D eigenvalue weighted by atomic mass is 79.9. The van der Waals surface area contributed by atoms with E-state index < -0.39 is 0 Å². The van der Waals surface area contributed by atoms with Gasteiger partial charge in [-0.3, -0.25) is 14.5 Å². The highest BCUT2D eigenvalue weighted by Gasteiger charge is 2.34. The second-order valence-electron chi connectivity index (χ2n) is 5.94. The van der Waals surface area contributed by atoms with Crippen molar-refractivity contribution >= 4 is 56.5 Å². The molecule has 0 radical (unpaired) electrons. The third-order valence-electron chi connectivity index (χ3n) is 3.88. The van der Waals surface area contributed by atoms with Crippen molar-refractivity contribution in [3.8, 4) is 5.75 Å². The lowest BCUT2D eigenvalue weighted by atomic mass is 10.2. The summed E-state index contributed by atoms with van der Waals surface area (Å²) in [6.07, 6.45) is 2.48. The summed E-state index contributed by atoms with van der Waals surface area (Å²) in [7, 11) is 0. The minimum absolute atomic E-state index is 0.213. The SMILES string of the molecule is CCCN1C(=O)S/C(=C/c2ccc(OCc3ccc(Cl)cc3)c(Br)c2)C1=O.